The Balaban J connectivity index is 1.59. The molecule has 0 atom stereocenters. The van der Waals surface area contributed by atoms with Crippen molar-refractivity contribution in [3.63, 3.8) is 0 Å². The van der Waals surface area contributed by atoms with E-state index in [1.165, 1.54) is 11.8 Å². The van der Waals surface area contributed by atoms with Gasteiger partial charge in [-0.2, -0.15) is 0 Å². The molecule has 0 radical (unpaired) electrons. The van der Waals surface area contributed by atoms with Gasteiger partial charge in [0.2, 0.25) is 0 Å². The first kappa shape index (κ1) is 23.6. The summed E-state index contributed by atoms with van der Waals surface area (Å²) in [5.74, 6) is -0.470. The van der Waals surface area contributed by atoms with Crippen LogP contribution in [0, 0.1) is 6.92 Å². The summed E-state index contributed by atoms with van der Waals surface area (Å²) in [4.78, 5) is 25.5. The number of para-hydroxylation sites is 1. The van der Waals surface area contributed by atoms with Crippen LogP contribution in [0.25, 0.3) is 10.8 Å². The summed E-state index contributed by atoms with van der Waals surface area (Å²) in [5, 5.41) is 5.36. The number of esters is 1. The summed E-state index contributed by atoms with van der Waals surface area (Å²) in [6.45, 7) is 5.75. The van der Waals surface area contributed by atoms with Gasteiger partial charge in [-0.1, -0.05) is 71.7 Å². The van der Waals surface area contributed by atoms with E-state index in [1.807, 2.05) is 55.5 Å². The number of amides is 1. The van der Waals surface area contributed by atoms with Crippen molar-refractivity contribution >= 4 is 67.6 Å². The predicted octanol–water partition coefficient (Wildman–Crippen LogP) is 6.96. The fourth-order valence-corrected chi connectivity index (χ4v) is 4.94. The number of hydrogen-bond acceptors (Lipinski definition) is 4. The number of rotatable bonds is 7. The van der Waals surface area contributed by atoms with Crippen molar-refractivity contribution in [3.8, 4) is 0 Å². The Kier molecular flexibility index (Phi) is 8.03. The summed E-state index contributed by atoms with van der Waals surface area (Å²) >= 11 is 11.2. The van der Waals surface area contributed by atoms with E-state index < -0.39 is 5.97 Å². The van der Waals surface area contributed by atoms with Crippen LogP contribution in [0.4, 0.5) is 5.69 Å². The van der Waals surface area contributed by atoms with E-state index in [9.17, 15) is 9.59 Å². The van der Waals surface area contributed by atoms with Gasteiger partial charge in [0.15, 0.2) is 6.61 Å². The zero-order valence-electron chi connectivity index (χ0n) is 17.5. The highest BCUT2D eigenvalue weighted by molar-refractivity contribution is 9.10. The molecule has 3 aromatic carbocycles. The molecular weight excluding hydrogens is 498 g/mol. The van der Waals surface area contributed by atoms with E-state index >= 15 is 0 Å². The minimum Gasteiger partial charge on any atom is -0.455 e. The first-order chi connectivity index (χ1) is 14.8. The Morgan fingerprint density at radius 1 is 1.13 bits per heavy atom. The maximum atomic E-state index is 12.4. The van der Waals surface area contributed by atoms with Crippen molar-refractivity contribution in [2.24, 2.45) is 0 Å². The molecule has 0 bridgehead atoms. The summed E-state index contributed by atoms with van der Waals surface area (Å²) in [6.07, 6.45) is 0. The van der Waals surface area contributed by atoms with Crippen LogP contribution >= 0.6 is 39.3 Å². The average molecular weight is 521 g/mol. The molecule has 0 spiro atoms. The molecule has 0 aliphatic rings. The minimum absolute atomic E-state index is 0.0802. The number of thioether (sulfide) groups is 1. The number of fused-ring (bicyclic) bond motifs is 1. The van der Waals surface area contributed by atoms with Gasteiger partial charge in [-0.15, -0.1) is 11.8 Å². The number of carbonyl (C=O) groups excluding carboxylic acids is 2. The van der Waals surface area contributed by atoms with Crippen LogP contribution in [0.5, 0.6) is 0 Å². The normalized spacial score (nSPS) is 11.0. The van der Waals surface area contributed by atoms with Crippen molar-refractivity contribution in [2.75, 3.05) is 17.7 Å². The number of aryl methyl sites for hydroxylation is 1. The second-order valence-corrected chi connectivity index (χ2v) is 9.68. The summed E-state index contributed by atoms with van der Waals surface area (Å²) in [7, 11) is 0. The Labute approximate surface area is 199 Å². The molecule has 0 saturated heterocycles. The molecule has 0 fully saturated rings. The van der Waals surface area contributed by atoms with E-state index in [1.54, 1.807) is 0 Å². The van der Waals surface area contributed by atoms with Gasteiger partial charge in [0, 0.05) is 25.5 Å². The second kappa shape index (κ2) is 10.5. The first-order valence-corrected chi connectivity index (χ1v) is 12.0. The third-order valence-corrected chi connectivity index (χ3v) is 6.84. The van der Waals surface area contributed by atoms with Crippen molar-refractivity contribution in [1.29, 1.82) is 0 Å². The summed E-state index contributed by atoms with van der Waals surface area (Å²) < 4.78 is 6.13. The maximum absolute atomic E-state index is 12.4. The van der Waals surface area contributed by atoms with Gasteiger partial charge in [-0.3, -0.25) is 9.59 Å². The van der Waals surface area contributed by atoms with Crippen molar-refractivity contribution in [1.82, 2.24) is 0 Å². The highest BCUT2D eigenvalue weighted by Gasteiger charge is 2.15. The number of halogens is 2. The van der Waals surface area contributed by atoms with Gasteiger partial charge in [0.25, 0.3) is 5.91 Å². The number of anilines is 1. The fourth-order valence-electron chi connectivity index (χ4n) is 3.26. The van der Waals surface area contributed by atoms with Crippen LogP contribution in [0.2, 0.25) is 5.02 Å². The molecule has 162 valence electrons. The monoisotopic (exact) mass is 519 g/mol. The van der Waals surface area contributed by atoms with Crippen LogP contribution in [0.3, 0.4) is 0 Å². The zero-order chi connectivity index (χ0) is 22.5. The molecule has 7 heteroatoms. The second-order valence-electron chi connectivity index (χ2n) is 7.40. The largest absolute Gasteiger partial charge is 0.455 e. The van der Waals surface area contributed by atoms with Crippen LogP contribution in [0.1, 0.15) is 30.9 Å². The van der Waals surface area contributed by atoms with Gasteiger partial charge in [0.1, 0.15) is 0 Å². The SMILES string of the molecule is Cc1cccc(C(C)C)c1NC(=O)COC(=O)CSc1ccc(Br)c2cccc(Cl)c12. The molecule has 31 heavy (non-hydrogen) atoms. The van der Waals surface area contributed by atoms with E-state index in [4.69, 9.17) is 16.3 Å². The van der Waals surface area contributed by atoms with Gasteiger partial charge in [-0.05, 0) is 47.6 Å². The van der Waals surface area contributed by atoms with Gasteiger partial charge in [-0.25, -0.2) is 0 Å². The lowest BCUT2D eigenvalue weighted by Crippen LogP contribution is -2.22. The Morgan fingerprint density at radius 3 is 2.61 bits per heavy atom. The molecule has 0 aromatic heterocycles. The van der Waals surface area contributed by atoms with Crippen molar-refractivity contribution in [2.45, 2.75) is 31.6 Å². The molecule has 3 aromatic rings. The lowest BCUT2D eigenvalue weighted by atomic mass is 9.98. The number of hydrogen-bond donors (Lipinski definition) is 1. The van der Waals surface area contributed by atoms with Crippen LogP contribution < -0.4 is 5.32 Å². The molecule has 0 saturated carbocycles. The lowest BCUT2D eigenvalue weighted by Gasteiger charge is -2.16. The molecular formula is C24H23BrClNO3S. The number of carbonyl (C=O) groups is 2. The zero-order valence-corrected chi connectivity index (χ0v) is 20.7. The van der Waals surface area contributed by atoms with Gasteiger partial charge >= 0.3 is 5.97 Å². The predicted molar refractivity (Wildman–Crippen MR) is 132 cm³/mol. The molecule has 0 aliphatic heterocycles. The van der Waals surface area contributed by atoms with E-state index in [2.05, 4.69) is 35.1 Å². The average Bonchev–Trinajstić information content (AvgIpc) is 2.73. The molecule has 0 heterocycles. The molecule has 3 rings (SSSR count). The quantitative estimate of drug-likeness (QED) is 0.270. The smallest absolute Gasteiger partial charge is 0.316 e. The Morgan fingerprint density at radius 2 is 1.87 bits per heavy atom. The standard InChI is InChI=1S/C24H23BrClNO3S/c1-14(2)16-7-4-6-15(3)24(16)27-21(28)12-30-22(29)13-31-20-11-10-18(25)17-8-5-9-19(26)23(17)20/h4-11,14H,12-13H2,1-3H3,(H,27,28). The van der Waals surface area contributed by atoms with E-state index in [0.717, 1.165) is 37.0 Å². The van der Waals surface area contributed by atoms with Crippen LogP contribution in [0.15, 0.2) is 57.9 Å². The Hall–Kier alpha value is -2.02. The van der Waals surface area contributed by atoms with Crippen molar-refractivity contribution in [3.05, 3.63) is 69.2 Å². The number of ether oxygens (including phenoxy) is 1. The van der Waals surface area contributed by atoms with Crippen LogP contribution in [-0.4, -0.2) is 24.2 Å². The first-order valence-electron chi connectivity index (χ1n) is 9.82. The number of benzene rings is 3. The van der Waals surface area contributed by atoms with E-state index in [-0.39, 0.29) is 24.2 Å². The molecule has 4 nitrogen and oxygen atoms in total. The van der Waals surface area contributed by atoms with Crippen LogP contribution in [-0.2, 0) is 14.3 Å². The maximum Gasteiger partial charge on any atom is 0.316 e. The third-order valence-electron chi connectivity index (χ3n) is 4.80. The van der Waals surface area contributed by atoms with Gasteiger partial charge < -0.3 is 10.1 Å². The molecule has 1 amide bonds. The third kappa shape index (κ3) is 5.82. The topological polar surface area (TPSA) is 55.4 Å². The van der Waals surface area contributed by atoms with Crippen molar-refractivity contribution < 1.29 is 14.3 Å². The highest BCUT2D eigenvalue weighted by atomic mass is 79.9. The number of nitrogens with one attached hydrogen (secondary N) is 1. The minimum atomic E-state index is -0.461. The van der Waals surface area contributed by atoms with E-state index in [0.29, 0.717) is 5.02 Å². The fraction of sp³-hybridized carbons (Fsp3) is 0.250. The molecule has 0 aliphatic carbocycles. The summed E-state index contributed by atoms with van der Waals surface area (Å²) in [6, 6.07) is 15.4. The van der Waals surface area contributed by atoms with Gasteiger partial charge in [0.05, 0.1) is 5.75 Å². The Bertz CT molecular complexity index is 1130. The lowest BCUT2D eigenvalue weighted by molar-refractivity contribution is -0.144. The molecule has 0 unspecified atom stereocenters. The summed E-state index contributed by atoms with van der Waals surface area (Å²) in [5.41, 5.74) is 2.80. The highest BCUT2D eigenvalue weighted by Crippen LogP contribution is 2.37. The molecule has 1 N–H and O–H groups in total.